The summed E-state index contributed by atoms with van der Waals surface area (Å²) in [6.45, 7) is 5.60. The van der Waals surface area contributed by atoms with Crippen molar-refractivity contribution in [1.82, 2.24) is 29.5 Å². The van der Waals surface area contributed by atoms with Gasteiger partial charge >= 0.3 is 0 Å². The maximum atomic E-state index is 13.3. The first-order valence-corrected chi connectivity index (χ1v) is 13.8. The average molecular weight is 536 g/mol. The molecule has 14 heteroatoms. The van der Waals surface area contributed by atoms with Crippen molar-refractivity contribution in [3.8, 4) is 5.13 Å². The van der Waals surface area contributed by atoms with Gasteiger partial charge in [0.1, 0.15) is 12.1 Å². The Labute approximate surface area is 209 Å². The Morgan fingerprint density at radius 2 is 2.06 bits per heavy atom. The van der Waals surface area contributed by atoms with Crippen LogP contribution < -0.4 is 9.62 Å². The number of benzene rings is 1. The van der Waals surface area contributed by atoms with E-state index in [0.29, 0.717) is 47.5 Å². The zero-order valence-corrected chi connectivity index (χ0v) is 21.1. The zero-order chi connectivity index (χ0) is 25.2. The molecule has 0 spiro atoms. The molecule has 10 nitrogen and oxygen atoms in total. The van der Waals surface area contributed by atoms with E-state index in [0.717, 1.165) is 24.2 Å². The van der Waals surface area contributed by atoms with E-state index in [1.54, 1.807) is 16.7 Å². The van der Waals surface area contributed by atoms with Gasteiger partial charge in [-0.3, -0.25) is 4.57 Å². The monoisotopic (exact) mass is 535 g/mol. The van der Waals surface area contributed by atoms with Crippen molar-refractivity contribution in [1.29, 1.82) is 0 Å². The highest BCUT2D eigenvalue weighted by molar-refractivity contribution is 7.89. The molecule has 1 saturated heterocycles. The Morgan fingerprint density at radius 3 is 2.75 bits per heavy atom. The number of nitrogens with zero attached hydrogens (tertiary/aromatic N) is 6. The highest BCUT2D eigenvalue weighted by Crippen LogP contribution is 2.40. The molecule has 1 atom stereocenters. The van der Waals surface area contributed by atoms with Crippen LogP contribution in [0.2, 0.25) is 0 Å². The molecule has 36 heavy (non-hydrogen) atoms. The van der Waals surface area contributed by atoms with Crippen LogP contribution in [0.3, 0.4) is 0 Å². The van der Waals surface area contributed by atoms with Crippen LogP contribution in [0.25, 0.3) is 27.1 Å². The molecule has 1 N–H and O–H groups in total. The molecule has 1 aromatic carbocycles. The minimum atomic E-state index is -3.81. The van der Waals surface area contributed by atoms with E-state index in [1.165, 1.54) is 12.4 Å². The number of anilines is 1. The van der Waals surface area contributed by atoms with Crippen LogP contribution in [0.1, 0.15) is 38.1 Å². The smallest absolute Gasteiger partial charge is 0.291 e. The largest absolute Gasteiger partial charge is 0.375 e. The van der Waals surface area contributed by atoms with Crippen molar-refractivity contribution in [3.63, 3.8) is 0 Å². The molecule has 6 rings (SSSR count). The summed E-state index contributed by atoms with van der Waals surface area (Å²) < 4.78 is 63.0. The van der Waals surface area contributed by atoms with Gasteiger partial charge in [-0.25, -0.2) is 31.9 Å². The molecule has 4 heterocycles. The van der Waals surface area contributed by atoms with Gasteiger partial charge in [-0.2, -0.15) is 0 Å². The molecule has 1 unspecified atom stereocenters. The molecule has 0 amide bonds. The first-order valence-electron chi connectivity index (χ1n) is 11.5. The fourth-order valence-electron chi connectivity index (χ4n) is 4.49. The lowest BCUT2D eigenvalue weighted by molar-refractivity contribution is 0.0530. The predicted octanol–water partition coefficient (Wildman–Crippen LogP) is 3.42. The number of alkyl halides is 2. The second kappa shape index (κ2) is 8.36. The molecular weight excluding hydrogens is 512 g/mol. The van der Waals surface area contributed by atoms with Gasteiger partial charge in [0.15, 0.2) is 10.7 Å². The Hall–Kier alpha value is -2.81. The summed E-state index contributed by atoms with van der Waals surface area (Å²) in [4.78, 5) is 11.2. The number of fused-ring (bicyclic) bond motifs is 3. The third kappa shape index (κ3) is 4.01. The van der Waals surface area contributed by atoms with Gasteiger partial charge < -0.3 is 9.64 Å². The lowest BCUT2D eigenvalue weighted by Gasteiger charge is -2.32. The highest BCUT2D eigenvalue weighted by Gasteiger charge is 2.41. The van der Waals surface area contributed by atoms with Gasteiger partial charge in [-0.1, -0.05) is 17.4 Å². The Bertz CT molecular complexity index is 1580. The molecule has 4 aromatic rings. The van der Waals surface area contributed by atoms with Crippen molar-refractivity contribution in [2.45, 2.75) is 49.7 Å². The van der Waals surface area contributed by atoms with E-state index in [9.17, 15) is 17.2 Å². The first-order chi connectivity index (χ1) is 17.2. The van der Waals surface area contributed by atoms with E-state index < -0.39 is 27.0 Å². The summed E-state index contributed by atoms with van der Waals surface area (Å²) in [5.74, 6) is 0.664. The molecule has 0 bridgehead atoms. The van der Waals surface area contributed by atoms with Gasteiger partial charge in [-0.05, 0) is 38.8 Å². The van der Waals surface area contributed by atoms with Crippen LogP contribution >= 0.6 is 11.3 Å². The topological polar surface area (TPSA) is 115 Å². The van der Waals surface area contributed by atoms with Crippen LogP contribution in [0.4, 0.5) is 14.6 Å². The molecule has 0 radical (unpaired) electrons. The summed E-state index contributed by atoms with van der Waals surface area (Å²) in [7, 11) is -3.81. The third-order valence-electron chi connectivity index (χ3n) is 6.54. The van der Waals surface area contributed by atoms with Crippen LogP contribution in [0, 0.1) is 0 Å². The van der Waals surface area contributed by atoms with E-state index >= 15 is 0 Å². The number of sulfonamides is 1. The second-order valence-corrected chi connectivity index (χ2v) is 12.1. The summed E-state index contributed by atoms with van der Waals surface area (Å²) >= 11 is 0.735. The SMILES string of the molecule is CC1CN(c2ncnc3c2c2ccc(S(=O)(=O)NC4(C)CC4)cc2n3-c2nnc(C(F)F)s2)CCO1. The Morgan fingerprint density at radius 1 is 1.25 bits per heavy atom. The van der Waals surface area contributed by atoms with E-state index in [4.69, 9.17) is 4.74 Å². The van der Waals surface area contributed by atoms with Crippen LogP contribution in [0.5, 0.6) is 0 Å². The molecule has 3 aromatic heterocycles. The Kier molecular flexibility index (Phi) is 5.48. The lowest BCUT2D eigenvalue weighted by Crippen LogP contribution is -2.41. The quantitative estimate of drug-likeness (QED) is 0.400. The van der Waals surface area contributed by atoms with Crippen molar-refractivity contribution in [3.05, 3.63) is 29.5 Å². The predicted molar refractivity (Wildman–Crippen MR) is 130 cm³/mol. The van der Waals surface area contributed by atoms with Gasteiger partial charge in [0.05, 0.1) is 28.5 Å². The molecule has 190 valence electrons. The summed E-state index contributed by atoms with van der Waals surface area (Å²) in [5, 5.41) is 8.73. The number of nitrogens with one attached hydrogen (secondary N) is 1. The average Bonchev–Trinajstić information content (AvgIpc) is 3.24. The number of halogens is 2. The zero-order valence-electron chi connectivity index (χ0n) is 19.5. The van der Waals surface area contributed by atoms with E-state index in [-0.39, 0.29) is 16.1 Å². The van der Waals surface area contributed by atoms with Crippen LogP contribution in [-0.4, -0.2) is 64.5 Å². The standard InChI is InChI=1S/C22H23F2N7O3S2/c1-12-10-30(7-8-34-12)18-16-14-4-3-13(36(32,33)29-22(2)5-6-22)9-15(14)31(19(16)26-11-25-18)21-28-27-20(35-21)17(23)24/h3-4,9,11-12,17,29H,5-8,10H2,1-2H3. The van der Waals surface area contributed by atoms with Gasteiger partial charge in [0.2, 0.25) is 15.2 Å². The lowest BCUT2D eigenvalue weighted by atomic mass is 10.2. The van der Waals surface area contributed by atoms with Crippen molar-refractivity contribution in [2.75, 3.05) is 24.6 Å². The van der Waals surface area contributed by atoms with Crippen molar-refractivity contribution in [2.24, 2.45) is 0 Å². The Balaban J connectivity index is 1.60. The third-order valence-corrected chi connectivity index (χ3v) is 9.09. The maximum Gasteiger partial charge on any atom is 0.291 e. The number of rotatable bonds is 6. The van der Waals surface area contributed by atoms with Gasteiger partial charge in [0, 0.05) is 24.0 Å². The van der Waals surface area contributed by atoms with Crippen molar-refractivity contribution < 1.29 is 21.9 Å². The molecule has 2 fully saturated rings. The van der Waals surface area contributed by atoms with E-state index in [1.807, 2.05) is 13.8 Å². The molecule has 2 aliphatic rings. The minimum absolute atomic E-state index is 0.000450. The number of hydrogen-bond donors (Lipinski definition) is 1. The molecular formula is C22H23F2N7O3S2. The van der Waals surface area contributed by atoms with Crippen molar-refractivity contribution >= 4 is 49.1 Å². The van der Waals surface area contributed by atoms with Crippen LogP contribution in [-0.2, 0) is 14.8 Å². The molecule has 1 saturated carbocycles. The molecule has 1 aliphatic heterocycles. The summed E-state index contributed by atoms with van der Waals surface area (Å²) in [6.07, 6.45) is 0.180. The number of aromatic nitrogens is 5. The normalized spacial score (nSPS) is 20.0. The number of ether oxygens (including phenoxy) is 1. The number of hydrogen-bond acceptors (Lipinski definition) is 9. The maximum absolute atomic E-state index is 13.3. The second-order valence-electron chi connectivity index (χ2n) is 9.43. The summed E-state index contributed by atoms with van der Waals surface area (Å²) in [6, 6.07) is 4.79. The molecule has 1 aliphatic carbocycles. The highest BCUT2D eigenvalue weighted by atomic mass is 32.2. The fourth-order valence-corrected chi connectivity index (χ4v) is 6.69. The summed E-state index contributed by atoms with van der Waals surface area (Å²) in [5.41, 5.74) is 0.453. The number of morpholine rings is 1. The first kappa shape index (κ1) is 23.6. The minimum Gasteiger partial charge on any atom is -0.375 e. The fraction of sp³-hybridized carbons (Fsp3) is 0.455. The van der Waals surface area contributed by atoms with Gasteiger partial charge in [-0.15, -0.1) is 10.2 Å². The van der Waals surface area contributed by atoms with Gasteiger partial charge in [0.25, 0.3) is 6.43 Å². The van der Waals surface area contributed by atoms with Crippen LogP contribution in [0.15, 0.2) is 29.4 Å². The van der Waals surface area contributed by atoms with E-state index in [2.05, 4.69) is 29.8 Å².